The molecule has 0 aliphatic heterocycles. The van der Waals surface area contributed by atoms with Crippen LogP contribution in [0.15, 0.2) is 42.6 Å². The molecule has 1 aromatic heterocycles. The van der Waals surface area contributed by atoms with Crippen LogP contribution in [0.3, 0.4) is 0 Å². The highest BCUT2D eigenvalue weighted by Gasteiger charge is 2.20. The number of fused-ring (bicyclic) bond motifs is 1. The Hall–Kier alpha value is -3.70. The van der Waals surface area contributed by atoms with Gasteiger partial charge in [0.05, 0.1) is 12.9 Å². The number of benzene rings is 2. The highest BCUT2D eigenvalue weighted by atomic mass is 32.2. The number of rotatable bonds is 11. The molecule has 0 saturated carbocycles. The average molecular weight is 530 g/mol. The summed E-state index contributed by atoms with van der Waals surface area (Å²) in [6, 6.07) is 9.72. The van der Waals surface area contributed by atoms with E-state index in [0.29, 0.717) is 29.7 Å². The van der Waals surface area contributed by atoms with E-state index >= 15 is 0 Å². The fourth-order valence-electron chi connectivity index (χ4n) is 4.05. The van der Waals surface area contributed by atoms with Crippen LogP contribution < -0.4 is 10.6 Å². The molecule has 0 bridgehead atoms. The number of carboxylic acids is 1. The molecule has 1 atom stereocenters. The molecule has 198 valence electrons. The van der Waals surface area contributed by atoms with Crippen molar-refractivity contribution in [3.05, 3.63) is 64.8 Å². The Morgan fingerprint density at radius 3 is 2.51 bits per heavy atom. The van der Waals surface area contributed by atoms with Crippen LogP contribution in [0.1, 0.15) is 52.9 Å². The van der Waals surface area contributed by atoms with Crippen molar-refractivity contribution < 1.29 is 32.1 Å². The number of anilines is 1. The molecule has 2 amide bonds. The van der Waals surface area contributed by atoms with Gasteiger partial charge in [-0.25, -0.2) is 0 Å². The quantitative estimate of drug-likeness (QED) is 0.323. The normalized spacial score (nSPS) is 12.3. The standard InChI is InChI=1S/C26H31N3O7S/c1-16-14-29(23-13-20(26(33)27-3)10-11-21(16)23)17(2)25(32)28-22-12-18(15-36-37(4,34)35)8-9-19(22)6-5-7-24(30)31/h8-14,17H,5-7,15H2,1-4H3,(H,27,33)(H,28,32)(H,30,31). The molecule has 0 radical (unpaired) electrons. The highest BCUT2D eigenvalue weighted by Crippen LogP contribution is 2.27. The molecule has 2 aromatic carbocycles. The first-order chi connectivity index (χ1) is 17.4. The van der Waals surface area contributed by atoms with Gasteiger partial charge in [-0.1, -0.05) is 18.2 Å². The van der Waals surface area contributed by atoms with Crippen molar-refractivity contribution in [3.63, 3.8) is 0 Å². The molecule has 0 aliphatic rings. The van der Waals surface area contributed by atoms with Crippen molar-refractivity contribution in [1.82, 2.24) is 9.88 Å². The van der Waals surface area contributed by atoms with Crippen molar-refractivity contribution in [2.24, 2.45) is 0 Å². The zero-order chi connectivity index (χ0) is 27.3. The van der Waals surface area contributed by atoms with Crippen molar-refractivity contribution in [2.75, 3.05) is 18.6 Å². The molecule has 0 fully saturated rings. The van der Waals surface area contributed by atoms with Crippen LogP contribution in [0.25, 0.3) is 10.9 Å². The molecular weight excluding hydrogens is 498 g/mol. The smallest absolute Gasteiger partial charge is 0.303 e. The summed E-state index contributed by atoms with van der Waals surface area (Å²) >= 11 is 0. The number of aryl methyl sites for hydroxylation is 2. The number of nitrogens with zero attached hydrogens (tertiary/aromatic N) is 1. The molecule has 0 saturated heterocycles. The van der Waals surface area contributed by atoms with Gasteiger partial charge in [-0.2, -0.15) is 8.42 Å². The number of hydrogen-bond acceptors (Lipinski definition) is 6. The van der Waals surface area contributed by atoms with Gasteiger partial charge in [-0.3, -0.25) is 18.6 Å². The molecular formula is C26H31N3O7S. The maximum Gasteiger partial charge on any atom is 0.303 e. The number of amides is 2. The van der Waals surface area contributed by atoms with E-state index in [-0.39, 0.29) is 24.8 Å². The van der Waals surface area contributed by atoms with E-state index in [2.05, 4.69) is 10.6 Å². The molecule has 1 unspecified atom stereocenters. The molecule has 0 spiro atoms. The van der Waals surface area contributed by atoms with Crippen LogP contribution in [-0.2, 0) is 36.9 Å². The van der Waals surface area contributed by atoms with Crippen LogP contribution in [0, 0.1) is 6.92 Å². The van der Waals surface area contributed by atoms with Crippen LogP contribution >= 0.6 is 0 Å². The summed E-state index contributed by atoms with van der Waals surface area (Å²) in [5, 5.41) is 15.4. The minimum Gasteiger partial charge on any atom is -0.481 e. The van der Waals surface area contributed by atoms with Crippen molar-refractivity contribution >= 4 is 44.5 Å². The van der Waals surface area contributed by atoms with E-state index in [4.69, 9.17) is 9.29 Å². The van der Waals surface area contributed by atoms with Gasteiger partial charge >= 0.3 is 5.97 Å². The maximum atomic E-state index is 13.4. The fraction of sp³-hybridized carbons (Fsp3) is 0.346. The molecule has 0 aliphatic carbocycles. The third kappa shape index (κ3) is 7.17. The van der Waals surface area contributed by atoms with Crippen LogP contribution in [0.2, 0.25) is 0 Å². The van der Waals surface area contributed by atoms with E-state index in [1.54, 1.807) is 48.9 Å². The number of nitrogens with one attached hydrogen (secondary N) is 2. The minimum absolute atomic E-state index is 0.0228. The summed E-state index contributed by atoms with van der Waals surface area (Å²) in [7, 11) is -2.10. The predicted molar refractivity (Wildman–Crippen MR) is 140 cm³/mol. The first-order valence-electron chi connectivity index (χ1n) is 11.7. The highest BCUT2D eigenvalue weighted by molar-refractivity contribution is 7.85. The van der Waals surface area contributed by atoms with Crippen LogP contribution in [0.5, 0.6) is 0 Å². The van der Waals surface area contributed by atoms with E-state index in [1.807, 2.05) is 19.2 Å². The lowest BCUT2D eigenvalue weighted by atomic mass is 10.0. The number of carbonyl (C=O) groups excluding carboxylic acids is 2. The van der Waals surface area contributed by atoms with E-state index in [9.17, 15) is 22.8 Å². The zero-order valence-electron chi connectivity index (χ0n) is 21.2. The average Bonchev–Trinajstić information content (AvgIpc) is 3.17. The van der Waals surface area contributed by atoms with Gasteiger partial charge in [-0.15, -0.1) is 0 Å². The third-order valence-electron chi connectivity index (χ3n) is 6.03. The Bertz CT molecular complexity index is 1440. The Labute approximate surface area is 215 Å². The molecule has 11 heteroatoms. The Balaban J connectivity index is 1.91. The molecule has 3 N–H and O–H groups in total. The number of aliphatic carboxylic acids is 1. The topological polar surface area (TPSA) is 144 Å². The fourth-order valence-corrected chi connectivity index (χ4v) is 4.40. The summed E-state index contributed by atoms with van der Waals surface area (Å²) in [6.45, 7) is 3.46. The van der Waals surface area contributed by atoms with Crippen LogP contribution in [-0.4, -0.2) is 49.2 Å². The molecule has 3 rings (SSSR count). The lowest BCUT2D eigenvalue weighted by molar-refractivity contribution is -0.137. The van der Waals surface area contributed by atoms with Gasteiger partial charge < -0.3 is 20.3 Å². The molecule has 3 aromatic rings. The zero-order valence-corrected chi connectivity index (χ0v) is 22.0. The third-order valence-corrected chi connectivity index (χ3v) is 6.57. The summed E-state index contributed by atoms with van der Waals surface area (Å²) in [5.41, 5.74) is 3.87. The van der Waals surface area contributed by atoms with Crippen LogP contribution in [0.4, 0.5) is 5.69 Å². The monoisotopic (exact) mass is 529 g/mol. The summed E-state index contributed by atoms with van der Waals surface area (Å²) in [6.07, 6.45) is 3.56. The molecule has 37 heavy (non-hydrogen) atoms. The van der Waals surface area contributed by atoms with Crippen molar-refractivity contribution in [1.29, 1.82) is 0 Å². The number of hydrogen-bond donors (Lipinski definition) is 3. The first kappa shape index (κ1) is 27.9. The van der Waals surface area contributed by atoms with Crippen molar-refractivity contribution in [3.8, 4) is 0 Å². The Morgan fingerprint density at radius 2 is 1.86 bits per heavy atom. The van der Waals surface area contributed by atoms with E-state index in [0.717, 1.165) is 28.3 Å². The molecule has 10 nitrogen and oxygen atoms in total. The van der Waals surface area contributed by atoms with Gasteiger partial charge in [0, 0.05) is 41.8 Å². The maximum absolute atomic E-state index is 13.4. The summed E-state index contributed by atoms with van der Waals surface area (Å²) < 4.78 is 29.5. The number of carboxylic acid groups (broad SMARTS) is 1. The largest absolute Gasteiger partial charge is 0.481 e. The van der Waals surface area contributed by atoms with Gasteiger partial charge in [0.25, 0.3) is 16.0 Å². The van der Waals surface area contributed by atoms with Gasteiger partial charge in [0.1, 0.15) is 6.04 Å². The van der Waals surface area contributed by atoms with Crippen molar-refractivity contribution in [2.45, 2.75) is 45.8 Å². The summed E-state index contributed by atoms with van der Waals surface area (Å²) in [4.78, 5) is 36.5. The Kier molecular flexibility index (Phi) is 8.72. The second kappa shape index (κ2) is 11.6. The number of aromatic nitrogens is 1. The summed E-state index contributed by atoms with van der Waals surface area (Å²) in [5.74, 6) is -1.48. The first-order valence-corrected chi connectivity index (χ1v) is 13.5. The lowest BCUT2D eigenvalue weighted by Crippen LogP contribution is -2.24. The minimum atomic E-state index is -3.66. The number of carbonyl (C=O) groups is 3. The van der Waals surface area contributed by atoms with E-state index < -0.39 is 22.1 Å². The predicted octanol–water partition coefficient (Wildman–Crippen LogP) is 3.39. The second-order valence-corrected chi connectivity index (χ2v) is 10.5. The van der Waals surface area contributed by atoms with Gasteiger partial charge in [0.2, 0.25) is 5.91 Å². The van der Waals surface area contributed by atoms with Gasteiger partial charge in [-0.05, 0) is 61.6 Å². The SMILES string of the molecule is CNC(=O)c1ccc2c(C)cn(C(C)C(=O)Nc3cc(COS(C)(=O)=O)ccc3CCCC(=O)O)c2c1. The lowest BCUT2D eigenvalue weighted by Gasteiger charge is -2.18. The van der Waals surface area contributed by atoms with Gasteiger partial charge in [0.15, 0.2) is 0 Å². The Morgan fingerprint density at radius 1 is 1.14 bits per heavy atom. The second-order valence-electron chi connectivity index (χ2n) is 8.90. The molecule has 1 heterocycles. The van der Waals surface area contributed by atoms with E-state index in [1.165, 1.54) is 0 Å².